The van der Waals surface area contributed by atoms with Crippen molar-refractivity contribution in [1.82, 2.24) is 0 Å². The van der Waals surface area contributed by atoms with Crippen molar-refractivity contribution in [1.29, 1.82) is 0 Å². The van der Waals surface area contributed by atoms with Gasteiger partial charge in [-0.25, -0.2) is 0 Å². The molecule has 2 heteroatoms. The average molecular weight is 139 g/mol. The average Bonchev–Trinajstić information content (AvgIpc) is 1.91. The van der Waals surface area contributed by atoms with Crippen LogP contribution in [0.3, 0.4) is 0 Å². The lowest BCUT2D eigenvalue weighted by Crippen LogP contribution is -1.86. The van der Waals surface area contributed by atoms with Crippen molar-refractivity contribution in [2.45, 2.75) is 13.8 Å². The van der Waals surface area contributed by atoms with Crippen LogP contribution in [0.4, 0.5) is 0 Å². The van der Waals surface area contributed by atoms with Crippen LogP contribution in [-0.2, 0) is 4.74 Å². The molecule has 0 aliphatic carbocycles. The van der Waals surface area contributed by atoms with Crippen LogP contribution in [0.15, 0.2) is 28.6 Å². The molecule has 0 aromatic carbocycles. The molecule has 0 N–H and O–H groups in total. The highest BCUT2D eigenvalue weighted by Gasteiger charge is 1.94. The molecule has 0 rings (SSSR count). The van der Waals surface area contributed by atoms with Gasteiger partial charge in [-0.3, -0.25) is 4.99 Å². The molecular formula is C8H13NO. The van der Waals surface area contributed by atoms with Crippen LogP contribution in [0, 0.1) is 0 Å². The van der Waals surface area contributed by atoms with Crippen LogP contribution in [0.5, 0.6) is 0 Å². The summed E-state index contributed by atoms with van der Waals surface area (Å²) in [6, 6.07) is 0. The smallest absolute Gasteiger partial charge is 0.119 e. The summed E-state index contributed by atoms with van der Waals surface area (Å²) in [7, 11) is 1.63. The van der Waals surface area contributed by atoms with Gasteiger partial charge in [0.05, 0.1) is 7.11 Å². The molecule has 0 saturated heterocycles. The van der Waals surface area contributed by atoms with Gasteiger partial charge in [-0.05, 0) is 26.6 Å². The number of ether oxygens (including phenoxy) is 1. The summed E-state index contributed by atoms with van der Waals surface area (Å²) in [6.07, 6.45) is 3.55. The highest BCUT2D eigenvalue weighted by molar-refractivity contribution is 5.30. The Kier molecular flexibility index (Phi) is 4.29. The molecule has 0 radical (unpaired) electrons. The Morgan fingerprint density at radius 3 is 2.50 bits per heavy atom. The van der Waals surface area contributed by atoms with E-state index in [4.69, 9.17) is 4.74 Å². The van der Waals surface area contributed by atoms with Crippen LogP contribution in [-0.4, -0.2) is 13.8 Å². The second-order valence-electron chi connectivity index (χ2n) is 1.85. The molecule has 0 heterocycles. The summed E-state index contributed by atoms with van der Waals surface area (Å²) < 4.78 is 5.02. The maximum atomic E-state index is 5.02. The monoisotopic (exact) mass is 139 g/mol. The third kappa shape index (κ3) is 2.49. The molecule has 0 aliphatic rings. The maximum absolute atomic E-state index is 5.02. The standard InChI is InChI=1S/C8H13NO/c1-5-8(10-4)7(2)6-9-3/h5-6H,3H2,1-2,4H3. The fourth-order valence-corrected chi connectivity index (χ4v) is 0.707. The zero-order chi connectivity index (χ0) is 7.98. The van der Waals surface area contributed by atoms with Gasteiger partial charge in [-0.1, -0.05) is 0 Å². The lowest BCUT2D eigenvalue weighted by molar-refractivity contribution is 0.300. The Morgan fingerprint density at radius 2 is 2.20 bits per heavy atom. The van der Waals surface area contributed by atoms with E-state index < -0.39 is 0 Å². The largest absolute Gasteiger partial charge is 0.497 e. The number of hydrogen-bond acceptors (Lipinski definition) is 2. The highest BCUT2D eigenvalue weighted by Crippen LogP contribution is 2.08. The molecule has 0 unspecified atom stereocenters. The lowest BCUT2D eigenvalue weighted by Gasteiger charge is -2.02. The van der Waals surface area contributed by atoms with Gasteiger partial charge < -0.3 is 4.74 Å². The predicted octanol–water partition coefficient (Wildman–Crippen LogP) is 2.14. The van der Waals surface area contributed by atoms with Crippen LogP contribution < -0.4 is 0 Å². The van der Waals surface area contributed by atoms with Crippen LogP contribution >= 0.6 is 0 Å². The Balaban J connectivity index is 4.30. The molecule has 0 fully saturated rings. The van der Waals surface area contributed by atoms with Crippen molar-refractivity contribution >= 4 is 6.72 Å². The van der Waals surface area contributed by atoms with Gasteiger partial charge in [0, 0.05) is 11.8 Å². The quantitative estimate of drug-likeness (QED) is 0.333. The molecule has 0 aromatic heterocycles. The molecule has 0 aromatic rings. The SMILES string of the molecule is C=NC=C(C)C(=CC)OC. The third-order valence-corrected chi connectivity index (χ3v) is 1.16. The van der Waals surface area contributed by atoms with E-state index in [1.807, 2.05) is 19.9 Å². The molecule has 56 valence electrons. The molecule has 0 bridgehead atoms. The number of hydrogen-bond donors (Lipinski definition) is 0. The summed E-state index contributed by atoms with van der Waals surface area (Å²) >= 11 is 0. The molecule has 0 aliphatic heterocycles. The first kappa shape index (κ1) is 8.95. The Hall–Kier alpha value is -1.05. The Bertz CT molecular complexity index is 168. The van der Waals surface area contributed by atoms with Crippen molar-refractivity contribution in [3.63, 3.8) is 0 Å². The van der Waals surface area contributed by atoms with Gasteiger partial charge in [0.2, 0.25) is 0 Å². The van der Waals surface area contributed by atoms with Gasteiger partial charge in [-0.2, -0.15) is 0 Å². The summed E-state index contributed by atoms with van der Waals surface area (Å²) in [5.41, 5.74) is 0.986. The Labute approximate surface area is 61.9 Å². The first-order valence-corrected chi connectivity index (χ1v) is 3.09. The molecular weight excluding hydrogens is 126 g/mol. The number of methoxy groups -OCH3 is 1. The second-order valence-corrected chi connectivity index (χ2v) is 1.85. The molecule has 0 saturated carbocycles. The van der Waals surface area contributed by atoms with Crippen molar-refractivity contribution in [2.24, 2.45) is 4.99 Å². The van der Waals surface area contributed by atoms with Crippen LogP contribution in [0.2, 0.25) is 0 Å². The minimum Gasteiger partial charge on any atom is -0.497 e. The highest BCUT2D eigenvalue weighted by atomic mass is 16.5. The second kappa shape index (κ2) is 4.79. The van der Waals surface area contributed by atoms with Crippen molar-refractivity contribution in [2.75, 3.05) is 7.11 Å². The predicted molar refractivity (Wildman–Crippen MR) is 44.1 cm³/mol. The number of rotatable bonds is 3. The fraction of sp³-hybridized carbons (Fsp3) is 0.375. The van der Waals surface area contributed by atoms with Gasteiger partial charge in [0.1, 0.15) is 5.76 Å². The summed E-state index contributed by atoms with van der Waals surface area (Å²) in [5.74, 6) is 0.840. The number of allylic oxidation sites excluding steroid dienone is 2. The maximum Gasteiger partial charge on any atom is 0.119 e. The lowest BCUT2D eigenvalue weighted by atomic mass is 10.2. The van der Waals surface area contributed by atoms with E-state index in [1.54, 1.807) is 13.3 Å². The molecule has 0 spiro atoms. The van der Waals surface area contributed by atoms with Gasteiger partial charge in [0.25, 0.3) is 0 Å². The van der Waals surface area contributed by atoms with E-state index in [1.165, 1.54) is 0 Å². The van der Waals surface area contributed by atoms with E-state index >= 15 is 0 Å². The molecule has 10 heavy (non-hydrogen) atoms. The summed E-state index contributed by atoms with van der Waals surface area (Å²) in [4.78, 5) is 3.62. The van der Waals surface area contributed by atoms with E-state index in [0.717, 1.165) is 11.3 Å². The zero-order valence-corrected chi connectivity index (χ0v) is 6.72. The molecule has 0 amide bonds. The minimum absolute atomic E-state index is 0.840. The van der Waals surface area contributed by atoms with E-state index in [2.05, 4.69) is 11.7 Å². The van der Waals surface area contributed by atoms with Crippen LogP contribution in [0.1, 0.15) is 13.8 Å². The summed E-state index contributed by atoms with van der Waals surface area (Å²) in [5, 5.41) is 0. The third-order valence-electron chi connectivity index (χ3n) is 1.16. The normalized spacial score (nSPS) is 13.1. The first-order valence-electron chi connectivity index (χ1n) is 3.09. The van der Waals surface area contributed by atoms with Gasteiger partial charge in [0.15, 0.2) is 0 Å². The zero-order valence-electron chi connectivity index (χ0n) is 6.72. The van der Waals surface area contributed by atoms with E-state index in [0.29, 0.717) is 0 Å². The topological polar surface area (TPSA) is 21.6 Å². The summed E-state index contributed by atoms with van der Waals surface area (Å²) in [6.45, 7) is 7.18. The van der Waals surface area contributed by atoms with Crippen molar-refractivity contribution in [3.05, 3.63) is 23.6 Å². The first-order chi connectivity index (χ1) is 4.76. The number of aliphatic imine (C=N–C) groups is 1. The van der Waals surface area contributed by atoms with Gasteiger partial charge >= 0.3 is 0 Å². The molecule has 2 nitrogen and oxygen atoms in total. The molecule has 0 atom stereocenters. The minimum atomic E-state index is 0.840. The van der Waals surface area contributed by atoms with Crippen LogP contribution in [0.25, 0.3) is 0 Å². The van der Waals surface area contributed by atoms with E-state index in [9.17, 15) is 0 Å². The van der Waals surface area contributed by atoms with Crippen molar-refractivity contribution in [3.8, 4) is 0 Å². The fourth-order valence-electron chi connectivity index (χ4n) is 0.707. The Morgan fingerprint density at radius 1 is 1.60 bits per heavy atom. The van der Waals surface area contributed by atoms with E-state index in [-0.39, 0.29) is 0 Å². The van der Waals surface area contributed by atoms with Crippen molar-refractivity contribution < 1.29 is 4.74 Å². The number of nitrogens with zero attached hydrogens (tertiary/aromatic N) is 1. The van der Waals surface area contributed by atoms with Gasteiger partial charge in [-0.15, -0.1) is 0 Å².